The van der Waals surface area contributed by atoms with Crippen LogP contribution in [0.25, 0.3) is 0 Å². The predicted octanol–water partition coefficient (Wildman–Crippen LogP) is 3.61. The summed E-state index contributed by atoms with van der Waals surface area (Å²) in [5.74, 6) is 0.417. The van der Waals surface area contributed by atoms with E-state index < -0.39 is 0 Å². The van der Waals surface area contributed by atoms with Gasteiger partial charge in [0.05, 0.1) is 0 Å². The van der Waals surface area contributed by atoms with E-state index in [9.17, 15) is 9.59 Å². The van der Waals surface area contributed by atoms with Crippen molar-refractivity contribution in [1.82, 2.24) is 15.3 Å². The van der Waals surface area contributed by atoms with E-state index in [0.717, 1.165) is 11.1 Å². The number of aryl methyl sites for hydroxylation is 1. The van der Waals surface area contributed by atoms with Gasteiger partial charge in [-0.2, -0.15) is 0 Å². The number of amides is 1. The molecule has 144 valence electrons. The number of nitrogens with zero attached hydrogens (tertiary/aromatic N) is 1. The second-order valence-electron chi connectivity index (χ2n) is 6.66. The van der Waals surface area contributed by atoms with E-state index in [1.165, 1.54) is 6.07 Å². The maximum Gasteiger partial charge on any atom is 0.251 e. The largest absolute Gasteiger partial charge is 0.356 e. The van der Waals surface area contributed by atoms with Gasteiger partial charge in [-0.15, -0.1) is 0 Å². The molecule has 1 unspecified atom stereocenters. The molecule has 1 aromatic heterocycles. The lowest BCUT2D eigenvalue weighted by Crippen LogP contribution is -2.28. The molecule has 0 saturated heterocycles. The number of benzene rings is 2. The van der Waals surface area contributed by atoms with Crippen LogP contribution in [0.15, 0.2) is 65.5 Å². The Morgan fingerprint density at radius 3 is 2.57 bits per heavy atom. The average Bonchev–Trinajstić information content (AvgIpc) is 2.66. The topological polar surface area (TPSA) is 74.8 Å². The van der Waals surface area contributed by atoms with Crippen LogP contribution >= 0.6 is 11.6 Å². The molecule has 1 atom stereocenters. The van der Waals surface area contributed by atoms with E-state index >= 15 is 0 Å². The summed E-state index contributed by atoms with van der Waals surface area (Å²) in [6, 6.07) is 18.9. The zero-order chi connectivity index (χ0) is 19.9. The zero-order valence-electron chi connectivity index (χ0n) is 15.6. The van der Waals surface area contributed by atoms with Gasteiger partial charge < -0.3 is 10.3 Å². The van der Waals surface area contributed by atoms with Gasteiger partial charge in [0.25, 0.3) is 5.56 Å². The van der Waals surface area contributed by atoms with Crippen molar-refractivity contribution in [2.45, 2.75) is 25.7 Å². The minimum atomic E-state index is -0.182. The van der Waals surface area contributed by atoms with Crippen LogP contribution < -0.4 is 10.9 Å². The first-order valence-electron chi connectivity index (χ1n) is 9.15. The molecule has 1 amide bonds. The highest BCUT2D eigenvalue weighted by molar-refractivity contribution is 6.30. The molecule has 3 rings (SSSR count). The Morgan fingerprint density at radius 2 is 1.86 bits per heavy atom. The molecule has 2 N–H and O–H groups in total. The van der Waals surface area contributed by atoms with Crippen LogP contribution in [-0.4, -0.2) is 22.4 Å². The Hall–Kier alpha value is -2.92. The monoisotopic (exact) mass is 395 g/mol. The number of rotatable bonds is 7. The van der Waals surface area contributed by atoms with Gasteiger partial charge >= 0.3 is 0 Å². The lowest BCUT2D eigenvalue weighted by atomic mass is 9.88. The first-order valence-corrected chi connectivity index (χ1v) is 9.53. The fraction of sp³-hybridized carbons (Fsp3) is 0.227. The van der Waals surface area contributed by atoms with Crippen molar-refractivity contribution in [3.8, 4) is 0 Å². The lowest BCUT2D eigenvalue weighted by Gasteiger charge is -2.18. The van der Waals surface area contributed by atoms with E-state index in [1.807, 2.05) is 54.6 Å². The molecule has 1 heterocycles. The van der Waals surface area contributed by atoms with E-state index in [1.54, 1.807) is 6.92 Å². The highest BCUT2D eigenvalue weighted by Gasteiger charge is 2.18. The number of nitrogens with one attached hydrogen (secondary N) is 2. The number of aromatic nitrogens is 2. The van der Waals surface area contributed by atoms with E-state index in [0.29, 0.717) is 35.9 Å². The molecule has 0 aliphatic rings. The number of hydrogen-bond donors (Lipinski definition) is 2. The molecule has 0 radical (unpaired) electrons. The maximum absolute atomic E-state index is 12.6. The summed E-state index contributed by atoms with van der Waals surface area (Å²) in [4.78, 5) is 31.0. The number of H-pyrrole nitrogens is 1. The van der Waals surface area contributed by atoms with Crippen LogP contribution in [0.2, 0.25) is 5.02 Å². The molecule has 28 heavy (non-hydrogen) atoms. The first-order chi connectivity index (χ1) is 13.5. The van der Waals surface area contributed by atoms with Crippen LogP contribution in [0.5, 0.6) is 0 Å². The number of carbonyl (C=O) groups excluding carboxylic acids is 1. The third-order valence-corrected chi connectivity index (χ3v) is 4.68. The maximum atomic E-state index is 12.6. The molecule has 2 aromatic carbocycles. The van der Waals surface area contributed by atoms with Crippen molar-refractivity contribution in [3.63, 3.8) is 0 Å². The van der Waals surface area contributed by atoms with Gasteiger partial charge in [-0.05, 0) is 30.2 Å². The summed E-state index contributed by atoms with van der Waals surface area (Å²) < 4.78 is 0. The van der Waals surface area contributed by atoms with Gasteiger partial charge in [0.1, 0.15) is 5.82 Å². The van der Waals surface area contributed by atoms with Crippen molar-refractivity contribution in [2.24, 2.45) is 0 Å². The highest BCUT2D eigenvalue weighted by Crippen LogP contribution is 2.29. The summed E-state index contributed by atoms with van der Waals surface area (Å²) in [7, 11) is 0. The van der Waals surface area contributed by atoms with Crippen molar-refractivity contribution >= 4 is 17.5 Å². The normalized spacial score (nSPS) is 11.8. The van der Waals surface area contributed by atoms with Gasteiger partial charge in [0.2, 0.25) is 5.91 Å². The fourth-order valence-electron chi connectivity index (χ4n) is 3.17. The van der Waals surface area contributed by atoms with Crippen molar-refractivity contribution < 1.29 is 4.79 Å². The molecule has 6 heteroatoms. The number of halogens is 1. The minimum Gasteiger partial charge on any atom is -0.356 e. The van der Waals surface area contributed by atoms with Crippen LogP contribution in [0, 0.1) is 6.92 Å². The van der Waals surface area contributed by atoms with Crippen LogP contribution in [0.3, 0.4) is 0 Å². The lowest BCUT2D eigenvalue weighted by molar-refractivity contribution is -0.121. The molecule has 0 aliphatic heterocycles. The van der Waals surface area contributed by atoms with Crippen molar-refractivity contribution in [2.75, 3.05) is 6.54 Å². The standard InChI is InChI=1S/C22H22ClN3O2/c1-15-12-22(28)26-20(25-15)10-11-24-21(27)14-19(16-6-3-2-4-7-16)17-8-5-9-18(23)13-17/h2-9,12-13,19H,10-11,14H2,1H3,(H,24,27)(H,25,26,28). The smallest absolute Gasteiger partial charge is 0.251 e. The molecule has 0 saturated carbocycles. The molecule has 5 nitrogen and oxygen atoms in total. The number of hydrogen-bond acceptors (Lipinski definition) is 3. The Balaban J connectivity index is 1.67. The van der Waals surface area contributed by atoms with E-state index in [2.05, 4.69) is 15.3 Å². The molecular weight excluding hydrogens is 374 g/mol. The predicted molar refractivity (Wildman–Crippen MR) is 111 cm³/mol. The Bertz CT molecular complexity index is 1000. The Labute approximate surface area is 168 Å². The highest BCUT2D eigenvalue weighted by atomic mass is 35.5. The fourth-order valence-corrected chi connectivity index (χ4v) is 3.37. The van der Waals surface area contributed by atoms with Crippen LogP contribution in [-0.2, 0) is 11.2 Å². The third-order valence-electron chi connectivity index (χ3n) is 4.45. The summed E-state index contributed by atoms with van der Waals surface area (Å²) in [6.45, 7) is 2.18. The number of carbonyl (C=O) groups is 1. The average molecular weight is 396 g/mol. The molecule has 0 aliphatic carbocycles. The first kappa shape index (κ1) is 19.8. The van der Waals surface area contributed by atoms with Gasteiger partial charge in [-0.3, -0.25) is 9.59 Å². The van der Waals surface area contributed by atoms with Gasteiger partial charge in [-0.1, -0.05) is 54.1 Å². The molecular formula is C22H22ClN3O2. The summed E-state index contributed by atoms with van der Waals surface area (Å²) in [5, 5.41) is 3.57. The summed E-state index contributed by atoms with van der Waals surface area (Å²) in [5.41, 5.74) is 2.54. The minimum absolute atomic E-state index is 0.0659. The second-order valence-corrected chi connectivity index (χ2v) is 7.09. The van der Waals surface area contributed by atoms with Gasteiger partial charge in [-0.25, -0.2) is 4.98 Å². The van der Waals surface area contributed by atoms with E-state index in [4.69, 9.17) is 11.6 Å². The van der Waals surface area contributed by atoms with Crippen LogP contribution in [0.4, 0.5) is 0 Å². The Morgan fingerprint density at radius 1 is 1.11 bits per heavy atom. The molecule has 3 aromatic rings. The molecule has 0 spiro atoms. The van der Waals surface area contributed by atoms with Crippen molar-refractivity contribution in [3.05, 3.63) is 98.7 Å². The van der Waals surface area contributed by atoms with Gasteiger partial charge in [0, 0.05) is 42.1 Å². The zero-order valence-corrected chi connectivity index (χ0v) is 16.4. The molecule has 0 fully saturated rings. The SMILES string of the molecule is Cc1cc(=O)[nH]c(CCNC(=O)CC(c2ccccc2)c2cccc(Cl)c2)n1. The Kier molecular flexibility index (Phi) is 6.61. The van der Waals surface area contributed by atoms with Gasteiger partial charge in [0.15, 0.2) is 0 Å². The third kappa shape index (κ3) is 5.54. The second kappa shape index (κ2) is 9.33. The number of aromatic amines is 1. The summed E-state index contributed by atoms with van der Waals surface area (Å²) >= 11 is 6.15. The van der Waals surface area contributed by atoms with Crippen molar-refractivity contribution in [1.29, 1.82) is 0 Å². The quantitative estimate of drug-likeness (QED) is 0.641. The molecule has 0 bridgehead atoms. The van der Waals surface area contributed by atoms with Crippen LogP contribution in [0.1, 0.15) is 35.0 Å². The van der Waals surface area contributed by atoms with E-state index in [-0.39, 0.29) is 17.4 Å². The summed E-state index contributed by atoms with van der Waals surface area (Å²) in [6.07, 6.45) is 0.776.